The van der Waals surface area contributed by atoms with Gasteiger partial charge < -0.3 is 16.8 Å². The highest BCUT2D eigenvalue weighted by atomic mass is 16.1. The fourth-order valence-electron chi connectivity index (χ4n) is 3.80. The Kier molecular flexibility index (Phi) is 3.09. The summed E-state index contributed by atoms with van der Waals surface area (Å²) >= 11 is 0. The Bertz CT molecular complexity index is 500. The first-order chi connectivity index (χ1) is 9.15. The van der Waals surface area contributed by atoms with Crippen molar-refractivity contribution < 1.29 is 4.79 Å². The standard InChI is InChI=1S/C15H21N3O/c16-14-12(15(17)19)2-1-3-13(14)18-8-11-7-9-4-5-10(11)6-9/h1-3,9-11,18H,4-8,16H2,(H2,17,19). The fraction of sp³-hybridized carbons (Fsp3) is 0.533. The summed E-state index contributed by atoms with van der Waals surface area (Å²) in [6, 6.07) is 5.40. The number of primary amides is 1. The molecule has 2 fully saturated rings. The zero-order chi connectivity index (χ0) is 13.4. The van der Waals surface area contributed by atoms with Gasteiger partial charge >= 0.3 is 0 Å². The van der Waals surface area contributed by atoms with E-state index in [0.717, 1.165) is 30.0 Å². The quantitative estimate of drug-likeness (QED) is 0.725. The number of carbonyl (C=O) groups is 1. The molecular formula is C15H21N3O. The summed E-state index contributed by atoms with van der Waals surface area (Å²) in [4.78, 5) is 11.3. The third-order valence-corrected chi connectivity index (χ3v) is 4.81. The van der Waals surface area contributed by atoms with Crippen LogP contribution in [0.2, 0.25) is 0 Å². The smallest absolute Gasteiger partial charge is 0.250 e. The lowest BCUT2D eigenvalue weighted by molar-refractivity contribution is 0.100. The summed E-state index contributed by atoms with van der Waals surface area (Å²) in [6.45, 7) is 0.952. The van der Waals surface area contributed by atoms with Crippen LogP contribution in [-0.2, 0) is 0 Å². The van der Waals surface area contributed by atoms with Gasteiger partial charge in [0.15, 0.2) is 0 Å². The number of nitrogen functional groups attached to an aromatic ring is 1. The number of nitrogens with one attached hydrogen (secondary N) is 1. The molecule has 19 heavy (non-hydrogen) atoms. The molecule has 2 aliphatic carbocycles. The molecule has 3 atom stereocenters. The number of nitrogens with two attached hydrogens (primary N) is 2. The monoisotopic (exact) mass is 259 g/mol. The highest BCUT2D eigenvalue weighted by Crippen LogP contribution is 2.48. The van der Waals surface area contributed by atoms with Crippen molar-refractivity contribution in [1.82, 2.24) is 0 Å². The van der Waals surface area contributed by atoms with Crippen molar-refractivity contribution >= 4 is 17.3 Å². The molecular weight excluding hydrogens is 238 g/mol. The van der Waals surface area contributed by atoms with E-state index in [1.54, 1.807) is 6.07 Å². The summed E-state index contributed by atoms with van der Waals surface area (Å²) in [5.74, 6) is 2.13. The van der Waals surface area contributed by atoms with E-state index in [1.807, 2.05) is 12.1 Å². The lowest BCUT2D eigenvalue weighted by atomic mass is 9.89. The maximum absolute atomic E-state index is 11.3. The Morgan fingerprint density at radius 1 is 1.32 bits per heavy atom. The maximum Gasteiger partial charge on any atom is 0.250 e. The predicted molar refractivity (Wildman–Crippen MR) is 76.8 cm³/mol. The number of hydrogen-bond donors (Lipinski definition) is 3. The molecule has 0 saturated heterocycles. The first-order valence-electron chi connectivity index (χ1n) is 7.07. The second-order valence-corrected chi connectivity index (χ2v) is 5.95. The highest BCUT2D eigenvalue weighted by Gasteiger charge is 2.39. The number of benzene rings is 1. The number of anilines is 2. The van der Waals surface area contributed by atoms with Gasteiger partial charge in [0, 0.05) is 6.54 Å². The Balaban J connectivity index is 1.67. The molecule has 102 valence electrons. The zero-order valence-electron chi connectivity index (χ0n) is 11.1. The lowest BCUT2D eigenvalue weighted by Crippen LogP contribution is -2.21. The number of fused-ring (bicyclic) bond motifs is 2. The number of para-hydroxylation sites is 1. The number of hydrogen-bond acceptors (Lipinski definition) is 3. The van der Waals surface area contributed by atoms with Gasteiger partial charge in [-0.2, -0.15) is 0 Å². The third kappa shape index (κ3) is 2.27. The molecule has 0 radical (unpaired) electrons. The average molecular weight is 259 g/mol. The average Bonchev–Trinajstić information content (AvgIpc) is 2.99. The summed E-state index contributed by atoms with van der Waals surface area (Å²) < 4.78 is 0. The van der Waals surface area contributed by atoms with Gasteiger partial charge in [0.1, 0.15) is 0 Å². The van der Waals surface area contributed by atoms with Crippen molar-refractivity contribution in [2.24, 2.45) is 23.5 Å². The normalized spacial score (nSPS) is 28.5. The highest BCUT2D eigenvalue weighted by molar-refractivity contribution is 6.00. The zero-order valence-corrected chi connectivity index (χ0v) is 11.1. The van der Waals surface area contributed by atoms with E-state index in [9.17, 15) is 4.79 Å². The van der Waals surface area contributed by atoms with E-state index in [2.05, 4.69) is 5.32 Å². The lowest BCUT2D eigenvalue weighted by Gasteiger charge is -2.23. The van der Waals surface area contributed by atoms with Crippen LogP contribution in [0.3, 0.4) is 0 Å². The number of carbonyl (C=O) groups excluding carboxylic acids is 1. The molecule has 0 heterocycles. The van der Waals surface area contributed by atoms with Gasteiger partial charge in [0.05, 0.1) is 16.9 Å². The van der Waals surface area contributed by atoms with E-state index < -0.39 is 5.91 Å². The van der Waals surface area contributed by atoms with E-state index in [4.69, 9.17) is 11.5 Å². The molecule has 5 N–H and O–H groups in total. The van der Waals surface area contributed by atoms with Crippen LogP contribution in [0.15, 0.2) is 18.2 Å². The second kappa shape index (κ2) is 4.76. The molecule has 0 spiro atoms. The molecule has 2 saturated carbocycles. The molecule has 4 heteroatoms. The Labute approximate surface area is 113 Å². The van der Waals surface area contributed by atoms with Gasteiger partial charge in [-0.3, -0.25) is 4.79 Å². The Hall–Kier alpha value is -1.71. The van der Waals surface area contributed by atoms with Crippen molar-refractivity contribution in [3.63, 3.8) is 0 Å². The largest absolute Gasteiger partial charge is 0.396 e. The Morgan fingerprint density at radius 3 is 2.79 bits per heavy atom. The van der Waals surface area contributed by atoms with Crippen LogP contribution in [0.5, 0.6) is 0 Å². The first kappa shape index (κ1) is 12.3. The van der Waals surface area contributed by atoms with Crippen LogP contribution in [0.4, 0.5) is 11.4 Å². The fourth-order valence-corrected chi connectivity index (χ4v) is 3.80. The van der Waals surface area contributed by atoms with Gasteiger partial charge in [-0.15, -0.1) is 0 Å². The molecule has 4 nitrogen and oxygen atoms in total. The summed E-state index contributed by atoms with van der Waals surface area (Å²) in [5.41, 5.74) is 13.0. The number of rotatable bonds is 4. The van der Waals surface area contributed by atoms with Crippen LogP contribution >= 0.6 is 0 Å². The second-order valence-electron chi connectivity index (χ2n) is 5.95. The topological polar surface area (TPSA) is 81.1 Å². The van der Waals surface area contributed by atoms with Crippen molar-refractivity contribution in [1.29, 1.82) is 0 Å². The third-order valence-electron chi connectivity index (χ3n) is 4.81. The molecule has 1 amide bonds. The van der Waals surface area contributed by atoms with Crippen molar-refractivity contribution in [3.05, 3.63) is 23.8 Å². The predicted octanol–water partition coefficient (Wildman–Crippen LogP) is 2.22. The molecule has 0 aromatic heterocycles. The first-order valence-corrected chi connectivity index (χ1v) is 7.07. The van der Waals surface area contributed by atoms with Gasteiger partial charge in [-0.25, -0.2) is 0 Å². The molecule has 1 aromatic carbocycles. The Morgan fingerprint density at radius 2 is 2.16 bits per heavy atom. The molecule has 3 rings (SSSR count). The molecule has 3 unspecified atom stereocenters. The van der Waals surface area contributed by atoms with Crippen LogP contribution in [0.1, 0.15) is 36.0 Å². The van der Waals surface area contributed by atoms with Crippen molar-refractivity contribution in [2.45, 2.75) is 25.7 Å². The van der Waals surface area contributed by atoms with Crippen molar-refractivity contribution in [2.75, 3.05) is 17.6 Å². The number of amides is 1. The SMILES string of the molecule is NC(=O)c1cccc(NCC2CC3CCC2C3)c1N. The maximum atomic E-state index is 11.3. The minimum absolute atomic E-state index is 0.401. The van der Waals surface area contributed by atoms with Gasteiger partial charge in [0.25, 0.3) is 5.91 Å². The van der Waals surface area contributed by atoms with E-state index in [0.29, 0.717) is 11.3 Å². The molecule has 1 aromatic rings. The van der Waals surface area contributed by atoms with Crippen LogP contribution < -0.4 is 16.8 Å². The summed E-state index contributed by atoms with van der Waals surface area (Å²) in [5, 5.41) is 3.40. The van der Waals surface area contributed by atoms with Gasteiger partial charge in [-0.1, -0.05) is 12.5 Å². The minimum atomic E-state index is -0.471. The van der Waals surface area contributed by atoms with Crippen molar-refractivity contribution in [3.8, 4) is 0 Å². The molecule has 2 aliphatic rings. The van der Waals surface area contributed by atoms with Gasteiger partial charge in [0.2, 0.25) is 0 Å². The van der Waals surface area contributed by atoms with Crippen LogP contribution in [-0.4, -0.2) is 12.5 Å². The molecule has 2 bridgehead atoms. The molecule has 0 aliphatic heterocycles. The van der Waals surface area contributed by atoms with E-state index in [-0.39, 0.29) is 0 Å². The minimum Gasteiger partial charge on any atom is -0.396 e. The van der Waals surface area contributed by atoms with Crippen LogP contribution in [0.25, 0.3) is 0 Å². The van der Waals surface area contributed by atoms with Gasteiger partial charge in [-0.05, 0) is 49.1 Å². The van der Waals surface area contributed by atoms with E-state index >= 15 is 0 Å². The van der Waals surface area contributed by atoms with E-state index in [1.165, 1.54) is 25.7 Å². The van der Waals surface area contributed by atoms with Crippen LogP contribution in [0, 0.1) is 17.8 Å². The summed E-state index contributed by atoms with van der Waals surface area (Å²) in [6.07, 6.45) is 5.55. The summed E-state index contributed by atoms with van der Waals surface area (Å²) in [7, 11) is 0.